The zero-order valence-corrected chi connectivity index (χ0v) is 21.7. The van der Waals surface area contributed by atoms with Gasteiger partial charge in [-0.15, -0.1) is 0 Å². The normalized spacial score (nSPS) is 15.6. The first-order valence-corrected chi connectivity index (χ1v) is 13.8. The molecule has 2 aliphatic heterocycles. The zero-order valence-electron chi connectivity index (χ0n) is 20.8. The van der Waals surface area contributed by atoms with E-state index in [9.17, 15) is 18.0 Å². The van der Waals surface area contributed by atoms with Gasteiger partial charge in [0.1, 0.15) is 0 Å². The van der Waals surface area contributed by atoms with Gasteiger partial charge in [0.2, 0.25) is 10.0 Å². The Morgan fingerprint density at radius 1 is 0.806 bits per heavy atom. The number of nitrogens with one attached hydrogen (secondary N) is 3. The Balaban J connectivity index is 1.48. The lowest BCUT2D eigenvalue weighted by atomic mass is 10.0. The minimum absolute atomic E-state index is 0.139. The summed E-state index contributed by atoms with van der Waals surface area (Å²) >= 11 is 0. The summed E-state index contributed by atoms with van der Waals surface area (Å²) in [6.07, 6.45) is 0.749. The van der Waals surface area contributed by atoms with Gasteiger partial charge in [0.15, 0.2) is 0 Å². The van der Waals surface area contributed by atoms with Crippen LogP contribution in [-0.2, 0) is 25.4 Å². The highest BCUT2D eigenvalue weighted by molar-refractivity contribution is 7.88. The second-order valence-electron chi connectivity index (χ2n) is 9.01. The molecule has 0 unspecified atom stereocenters. The summed E-state index contributed by atoms with van der Waals surface area (Å²) in [5.41, 5.74) is 4.68. The van der Waals surface area contributed by atoms with Crippen molar-refractivity contribution in [2.75, 3.05) is 26.2 Å². The third-order valence-electron chi connectivity index (χ3n) is 6.49. The molecule has 2 aromatic carbocycles. The summed E-state index contributed by atoms with van der Waals surface area (Å²) in [6.45, 7) is 9.28. The molecule has 2 heterocycles. The molecule has 8 nitrogen and oxygen atoms in total. The summed E-state index contributed by atoms with van der Waals surface area (Å²) in [4.78, 5) is 27.9. The zero-order chi connectivity index (χ0) is 25.9. The molecule has 0 spiro atoms. The molecule has 36 heavy (non-hydrogen) atoms. The number of rotatable bonds is 11. The Kier molecular flexibility index (Phi) is 7.73. The van der Waals surface area contributed by atoms with Crippen LogP contribution in [0.25, 0.3) is 11.4 Å². The van der Waals surface area contributed by atoms with Crippen LogP contribution in [-0.4, -0.2) is 51.3 Å². The fourth-order valence-electron chi connectivity index (χ4n) is 4.44. The molecule has 0 aromatic heterocycles. The molecule has 2 aromatic rings. The predicted molar refractivity (Wildman–Crippen MR) is 141 cm³/mol. The molecule has 0 atom stereocenters. The molecule has 2 amide bonds. The largest absolute Gasteiger partial charge is 0.321 e. The van der Waals surface area contributed by atoms with Gasteiger partial charge in [-0.3, -0.25) is 9.59 Å². The highest BCUT2D eigenvalue weighted by Gasteiger charge is 2.40. The van der Waals surface area contributed by atoms with Crippen molar-refractivity contribution in [1.82, 2.24) is 20.3 Å². The van der Waals surface area contributed by atoms with Gasteiger partial charge in [-0.05, 0) is 49.7 Å². The number of nitrogens with zero attached hydrogens (tertiary/aromatic N) is 1. The van der Waals surface area contributed by atoms with Gasteiger partial charge in [0, 0.05) is 6.54 Å². The Morgan fingerprint density at radius 3 is 1.81 bits per heavy atom. The van der Waals surface area contributed by atoms with E-state index >= 15 is 0 Å². The van der Waals surface area contributed by atoms with Crippen LogP contribution >= 0.6 is 0 Å². The van der Waals surface area contributed by atoms with E-state index in [1.54, 1.807) is 24.3 Å². The van der Waals surface area contributed by atoms with Crippen molar-refractivity contribution in [3.8, 4) is 0 Å². The van der Waals surface area contributed by atoms with Crippen molar-refractivity contribution in [1.29, 1.82) is 0 Å². The van der Waals surface area contributed by atoms with Crippen molar-refractivity contribution in [2.45, 2.75) is 32.9 Å². The molecule has 3 N–H and O–H groups in total. The average molecular weight is 509 g/mol. The van der Waals surface area contributed by atoms with E-state index in [0.717, 1.165) is 37.2 Å². The number of carbonyl (C=O) groups excluding carboxylic acids is 2. The number of benzene rings is 2. The number of aryl methyl sites for hydroxylation is 1. The average Bonchev–Trinajstić information content (AvgIpc) is 3.38. The molecule has 0 fully saturated rings. The molecule has 2 aliphatic rings. The summed E-state index contributed by atoms with van der Waals surface area (Å²) in [6, 6.07) is 14.5. The van der Waals surface area contributed by atoms with Gasteiger partial charge in [0.25, 0.3) is 11.8 Å². The van der Waals surface area contributed by atoms with E-state index in [4.69, 9.17) is 0 Å². The number of fused-ring (bicyclic) bond motifs is 1. The Morgan fingerprint density at radius 2 is 1.31 bits per heavy atom. The van der Waals surface area contributed by atoms with Crippen LogP contribution in [0.1, 0.15) is 42.5 Å². The van der Waals surface area contributed by atoms with Crippen LogP contribution in [0.5, 0.6) is 0 Å². The minimum Gasteiger partial charge on any atom is -0.321 e. The molecule has 190 valence electrons. The number of hydrogen-bond acceptors (Lipinski definition) is 5. The van der Waals surface area contributed by atoms with Crippen LogP contribution in [0.15, 0.2) is 59.7 Å². The molecule has 0 bridgehead atoms. The van der Waals surface area contributed by atoms with Crippen molar-refractivity contribution < 1.29 is 18.0 Å². The van der Waals surface area contributed by atoms with Crippen molar-refractivity contribution in [3.63, 3.8) is 0 Å². The Labute approximate surface area is 212 Å². The Bertz CT molecular complexity index is 1320. The molecular weight excluding hydrogens is 476 g/mol. The maximum absolute atomic E-state index is 12.8. The van der Waals surface area contributed by atoms with E-state index < -0.39 is 10.0 Å². The van der Waals surface area contributed by atoms with Crippen molar-refractivity contribution in [2.24, 2.45) is 0 Å². The van der Waals surface area contributed by atoms with E-state index in [0.29, 0.717) is 40.2 Å². The molecule has 0 aliphatic carbocycles. The SMILES string of the molecule is CCN(CC)CCCNS(=O)(=O)Cc1ccc(C2=C3C(=O)NC(c4ccc(C)cc4)=C3C(=O)N2)cc1. The first-order valence-electron chi connectivity index (χ1n) is 12.2. The fourth-order valence-corrected chi connectivity index (χ4v) is 5.63. The summed E-state index contributed by atoms with van der Waals surface area (Å²) in [7, 11) is -3.47. The maximum Gasteiger partial charge on any atom is 0.258 e. The Hall–Kier alpha value is -3.27. The van der Waals surface area contributed by atoms with Crippen molar-refractivity contribution in [3.05, 3.63) is 81.9 Å². The minimum atomic E-state index is -3.47. The topological polar surface area (TPSA) is 108 Å². The second kappa shape index (κ2) is 10.8. The van der Waals surface area contributed by atoms with Gasteiger partial charge in [-0.2, -0.15) is 0 Å². The fraction of sp³-hybridized carbons (Fsp3) is 0.333. The highest BCUT2D eigenvalue weighted by Crippen LogP contribution is 2.37. The first kappa shape index (κ1) is 25.8. The summed E-state index contributed by atoms with van der Waals surface area (Å²) in [5, 5.41) is 5.66. The molecule has 0 radical (unpaired) electrons. The molecule has 0 saturated carbocycles. The second-order valence-corrected chi connectivity index (χ2v) is 10.8. The van der Waals surface area contributed by atoms with Crippen LogP contribution in [0.2, 0.25) is 0 Å². The van der Waals surface area contributed by atoms with E-state index in [1.807, 2.05) is 31.2 Å². The van der Waals surface area contributed by atoms with E-state index in [1.165, 1.54) is 0 Å². The quantitative estimate of drug-likeness (QED) is 0.405. The lowest BCUT2D eigenvalue weighted by molar-refractivity contribution is -0.117. The lowest BCUT2D eigenvalue weighted by Crippen LogP contribution is -2.30. The van der Waals surface area contributed by atoms with Gasteiger partial charge in [-0.25, -0.2) is 13.1 Å². The number of sulfonamides is 1. The van der Waals surface area contributed by atoms with Crippen LogP contribution in [0.3, 0.4) is 0 Å². The van der Waals surface area contributed by atoms with Gasteiger partial charge in [-0.1, -0.05) is 67.9 Å². The molecule has 4 rings (SSSR count). The third kappa shape index (κ3) is 5.59. The van der Waals surface area contributed by atoms with Gasteiger partial charge in [0.05, 0.1) is 28.3 Å². The van der Waals surface area contributed by atoms with Gasteiger partial charge < -0.3 is 15.5 Å². The number of amides is 2. The predicted octanol–water partition coefficient (Wildman–Crippen LogP) is 2.53. The third-order valence-corrected chi connectivity index (χ3v) is 7.85. The van der Waals surface area contributed by atoms with Crippen molar-refractivity contribution >= 4 is 33.2 Å². The van der Waals surface area contributed by atoms with E-state index in [2.05, 4.69) is 34.1 Å². The van der Waals surface area contributed by atoms with Crippen LogP contribution in [0.4, 0.5) is 0 Å². The molecule has 0 saturated heterocycles. The van der Waals surface area contributed by atoms with Gasteiger partial charge >= 0.3 is 0 Å². The number of hydrogen-bond donors (Lipinski definition) is 3. The smallest absolute Gasteiger partial charge is 0.258 e. The molecule has 9 heteroatoms. The lowest BCUT2D eigenvalue weighted by Gasteiger charge is -2.17. The van der Waals surface area contributed by atoms with Crippen LogP contribution < -0.4 is 15.4 Å². The first-order chi connectivity index (χ1) is 17.2. The highest BCUT2D eigenvalue weighted by atomic mass is 32.2. The van der Waals surface area contributed by atoms with E-state index in [-0.39, 0.29) is 17.6 Å². The monoisotopic (exact) mass is 508 g/mol. The van der Waals surface area contributed by atoms with Crippen LogP contribution in [0, 0.1) is 6.92 Å². The number of carbonyl (C=O) groups is 2. The molecular formula is C27H32N4O4S. The maximum atomic E-state index is 12.8. The summed E-state index contributed by atoms with van der Waals surface area (Å²) in [5.74, 6) is -0.816. The summed E-state index contributed by atoms with van der Waals surface area (Å²) < 4.78 is 27.7. The standard InChI is InChI=1S/C27H32N4O4S/c1-4-31(5-2)16-6-15-28-36(34,35)17-19-9-13-21(14-10-19)25-23-22(26(32)30-25)24(29-27(23)33)20-11-7-18(3)8-12-20/h7-14,28H,4-6,15-17H2,1-3H3,(H,29,33)(H,30,32).